The van der Waals surface area contributed by atoms with Crippen LogP contribution in [0.4, 0.5) is 10.2 Å². The number of benzene rings is 1. The molecule has 0 saturated carbocycles. The number of rotatable bonds is 7. The highest BCUT2D eigenvalue weighted by atomic mass is 35.5. The molecule has 4 N–H and O–H groups in total. The highest BCUT2D eigenvalue weighted by molar-refractivity contribution is 6.31. The number of nitrogens with two attached hydrogens (primary N) is 1. The Balaban J connectivity index is 1.77. The number of imidazole rings is 1. The van der Waals surface area contributed by atoms with Gasteiger partial charge in [0.25, 0.3) is 5.91 Å². The molecule has 0 radical (unpaired) electrons. The van der Waals surface area contributed by atoms with E-state index in [4.69, 9.17) is 26.8 Å². The van der Waals surface area contributed by atoms with Gasteiger partial charge >= 0.3 is 0 Å². The van der Waals surface area contributed by atoms with Crippen LogP contribution in [0.25, 0.3) is 5.52 Å². The van der Waals surface area contributed by atoms with Gasteiger partial charge in [0.2, 0.25) is 0 Å². The van der Waals surface area contributed by atoms with Crippen molar-refractivity contribution in [3.05, 3.63) is 51.9 Å². The number of carbonyl (C=O) groups excluding carboxylic acids is 1. The zero-order valence-electron chi connectivity index (χ0n) is 18.5. The molecule has 0 spiro atoms. The van der Waals surface area contributed by atoms with E-state index in [2.05, 4.69) is 15.3 Å². The van der Waals surface area contributed by atoms with Crippen LogP contribution in [0, 0.1) is 12.7 Å². The molecule has 4 rings (SSSR count). The molecule has 2 aromatic heterocycles. The third kappa shape index (κ3) is 4.46. The topological polar surface area (TPSA) is 124 Å². The Kier molecular flexibility index (Phi) is 6.17. The van der Waals surface area contributed by atoms with Gasteiger partial charge in [-0.05, 0) is 26.8 Å². The lowest BCUT2D eigenvalue weighted by atomic mass is 10.0. The second-order valence-corrected chi connectivity index (χ2v) is 8.83. The molecule has 1 amide bonds. The third-order valence-corrected chi connectivity index (χ3v) is 5.60. The summed E-state index contributed by atoms with van der Waals surface area (Å²) in [7, 11) is 0. The number of aryl methyl sites for hydroxylation is 1. The predicted molar refractivity (Wildman–Crippen MR) is 120 cm³/mol. The van der Waals surface area contributed by atoms with Gasteiger partial charge in [-0.1, -0.05) is 11.6 Å². The second-order valence-electron chi connectivity index (χ2n) is 8.42. The molecule has 1 saturated heterocycles. The molecule has 9 nitrogen and oxygen atoms in total. The Morgan fingerprint density at radius 1 is 1.48 bits per heavy atom. The number of aromatic nitrogens is 3. The summed E-state index contributed by atoms with van der Waals surface area (Å²) >= 11 is 6.18. The minimum Gasteiger partial charge on any atom is -0.490 e. The summed E-state index contributed by atoms with van der Waals surface area (Å²) in [5.74, 6) is -0.645. The van der Waals surface area contributed by atoms with Crippen molar-refractivity contribution < 1.29 is 23.8 Å². The highest BCUT2D eigenvalue weighted by Crippen LogP contribution is 2.35. The standard InChI is InChI=1S/C22H25ClFN5O4/c1-11(2)33-19-13(7-15-28-12(3)18-20(25)26-4-5-29(15)18)6-14(23)17(24)16(19)21(30)27-8-22(31)9-32-10-22/h4-6,11,31H,7-10H2,1-3H3,(H2,25,26)(H,27,30). The van der Waals surface area contributed by atoms with Crippen molar-refractivity contribution in [2.45, 2.75) is 38.9 Å². The summed E-state index contributed by atoms with van der Waals surface area (Å²) in [6.45, 7) is 5.45. The summed E-state index contributed by atoms with van der Waals surface area (Å²) in [5, 5.41) is 12.5. The first kappa shape index (κ1) is 23.2. The molecule has 33 heavy (non-hydrogen) atoms. The molecule has 1 aliphatic rings. The Bertz CT molecular complexity index is 1230. The quantitative estimate of drug-likeness (QED) is 0.477. The SMILES string of the molecule is Cc1nc(Cc2cc(Cl)c(F)c(C(=O)NCC3(O)COC3)c2OC(C)C)n2ccnc(N)c12. The Hall–Kier alpha value is -2.95. The van der Waals surface area contributed by atoms with Crippen LogP contribution in [0.5, 0.6) is 5.75 Å². The second kappa shape index (κ2) is 8.77. The van der Waals surface area contributed by atoms with Crippen LogP contribution >= 0.6 is 11.6 Å². The summed E-state index contributed by atoms with van der Waals surface area (Å²) in [4.78, 5) is 21.7. The van der Waals surface area contributed by atoms with Crippen molar-refractivity contribution in [3.63, 3.8) is 0 Å². The first-order chi connectivity index (χ1) is 15.6. The predicted octanol–water partition coefficient (Wildman–Crippen LogP) is 2.28. The zero-order valence-corrected chi connectivity index (χ0v) is 19.2. The van der Waals surface area contributed by atoms with Gasteiger partial charge < -0.3 is 25.6 Å². The van der Waals surface area contributed by atoms with Gasteiger partial charge in [-0.2, -0.15) is 0 Å². The van der Waals surface area contributed by atoms with Crippen molar-refractivity contribution >= 4 is 28.8 Å². The summed E-state index contributed by atoms with van der Waals surface area (Å²) in [6.07, 6.45) is 3.13. The third-order valence-electron chi connectivity index (χ3n) is 5.33. The maximum atomic E-state index is 15.1. The van der Waals surface area contributed by atoms with Gasteiger partial charge in [-0.25, -0.2) is 14.4 Å². The van der Waals surface area contributed by atoms with Crippen molar-refractivity contribution in [1.82, 2.24) is 19.7 Å². The number of aliphatic hydroxyl groups is 1. The van der Waals surface area contributed by atoms with Crippen LogP contribution < -0.4 is 15.8 Å². The number of ether oxygens (including phenoxy) is 2. The van der Waals surface area contributed by atoms with E-state index >= 15 is 4.39 Å². The number of nitrogens with one attached hydrogen (secondary N) is 1. The van der Waals surface area contributed by atoms with Crippen LogP contribution in [0.2, 0.25) is 5.02 Å². The number of carbonyl (C=O) groups is 1. The lowest BCUT2D eigenvalue weighted by Gasteiger charge is -2.36. The van der Waals surface area contributed by atoms with Gasteiger partial charge in [-0.15, -0.1) is 0 Å². The molecular weight excluding hydrogens is 453 g/mol. The van der Waals surface area contributed by atoms with E-state index in [9.17, 15) is 9.90 Å². The maximum Gasteiger partial charge on any atom is 0.258 e. The first-order valence-corrected chi connectivity index (χ1v) is 10.8. The zero-order chi connectivity index (χ0) is 23.9. The van der Waals surface area contributed by atoms with Crippen LogP contribution in [0.3, 0.4) is 0 Å². The molecule has 176 valence electrons. The molecule has 1 aliphatic heterocycles. The maximum absolute atomic E-state index is 15.1. The van der Waals surface area contributed by atoms with E-state index < -0.39 is 17.3 Å². The van der Waals surface area contributed by atoms with Gasteiger partial charge in [0.15, 0.2) is 5.82 Å². The van der Waals surface area contributed by atoms with E-state index in [0.29, 0.717) is 28.4 Å². The van der Waals surface area contributed by atoms with Gasteiger partial charge in [0.05, 0.1) is 36.6 Å². The van der Waals surface area contributed by atoms with E-state index in [-0.39, 0.29) is 48.6 Å². The molecule has 0 aliphatic carbocycles. The molecule has 3 heterocycles. The van der Waals surface area contributed by atoms with E-state index in [1.54, 1.807) is 30.6 Å². The molecule has 0 atom stereocenters. The summed E-state index contributed by atoms with van der Waals surface area (Å²) in [5.41, 5.74) is 6.34. The van der Waals surface area contributed by atoms with E-state index in [1.807, 2.05) is 6.92 Å². The number of hydrogen-bond donors (Lipinski definition) is 3. The Morgan fingerprint density at radius 3 is 2.85 bits per heavy atom. The largest absolute Gasteiger partial charge is 0.490 e. The van der Waals surface area contributed by atoms with Crippen molar-refractivity contribution in [2.75, 3.05) is 25.5 Å². The number of nitrogen functional groups attached to an aromatic ring is 1. The van der Waals surface area contributed by atoms with Crippen LogP contribution in [0.1, 0.15) is 41.3 Å². The monoisotopic (exact) mass is 477 g/mol. The minimum absolute atomic E-state index is 0.0673. The molecule has 3 aromatic rings. The van der Waals surface area contributed by atoms with Crippen molar-refractivity contribution in [1.29, 1.82) is 0 Å². The molecule has 1 aromatic carbocycles. The molecule has 1 fully saturated rings. The minimum atomic E-state index is -1.17. The average Bonchev–Trinajstić information content (AvgIpc) is 3.05. The van der Waals surface area contributed by atoms with Crippen molar-refractivity contribution in [3.8, 4) is 5.75 Å². The summed E-state index contributed by atoms with van der Waals surface area (Å²) in [6, 6.07) is 1.43. The van der Waals surface area contributed by atoms with Crippen LogP contribution in [-0.4, -0.2) is 56.8 Å². The van der Waals surface area contributed by atoms with E-state index in [0.717, 1.165) is 0 Å². The van der Waals surface area contributed by atoms with Gasteiger partial charge in [0, 0.05) is 24.4 Å². The number of amides is 1. The highest BCUT2D eigenvalue weighted by Gasteiger charge is 2.37. The van der Waals surface area contributed by atoms with E-state index in [1.165, 1.54) is 6.07 Å². The van der Waals surface area contributed by atoms with Crippen molar-refractivity contribution in [2.24, 2.45) is 0 Å². The van der Waals surface area contributed by atoms with Crippen LogP contribution in [0.15, 0.2) is 18.5 Å². The lowest BCUT2D eigenvalue weighted by Crippen LogP contribution is -2.57. The molecule has 0 bridgehead atoms. The fourth-order valence-corrected chi connectivity index (χ4v) is 3.97. The fraction of sp³-hybridized carbons (Fsp3) is 0.409. The number of anilines is 1. The Labute approximate surface area is 194 Å². The fourth-order valence-electron chi connectivity index (χ4n) is 3.75. The normalized spacial score (nSPS) is 15.0. The summed E-state index contributed by atoms with van der Waals surface area (Å²) < 4.78 is 27.8. The lowest BCUT2D eigenvalue weighted by molar-refractivity contribution is -0.173. The number of hydrogen-bond acceptors (Lipinski definition) is 7. The number of halogens is 2. The van der Waals surface area contributed by atoms with Gasteiger partial charge in [-0.3, -0.25) is 9.20 Å². The van der Waals surface area contributed by atoms with Gasteiger partial charge in [0.1, 0.15) is 34.1 Å². The molecule has 11 heteroatoms. The number of fused-ring (bicyclic) bond motifs is 1. The first-order valence-electron chi connectivity index (χ1n) is 10.4. The molecular formula is C22H25ClFN5O4. The van der Waals surface area contributed by atoms with Crippen LogP contribution in [-0.2, 0) is 11.2 Å². The Morgan fingerprint density at radius 2 is 2.21 bits per heavy atom. The molecule has 0 unspecified atom stereocenters. The average molecular weight is 478 g/mol. The smallest absolute Gasteiger partial charge is 0.258 e. The number of nitrogens with zero attached hydrogens (tertiary/aromatic N) is 3.